The average molecular weight is 267 g/mol. The molecular formula is C17H21N3. The smallest absolute Gasteiger partial charge is 0.139 e. The molecule has 0 bridgehead atoms. The summed E-state index contributed by atoms with van der Waals surface area (Å²) in [6.45, 7) is 0.634. The molecule has 0 amide bonds. The van der Waals surface area contributed by atoms with Crippen molar-refractivity contribution in [3.8, 4) is 0 Å². The van der Waals surface area contributed by atoms with Gasteiger partial charge in [-0.25, -0.2) is 9.97 Å². The van der Waals surface area contributed by atoms with Crippen LogP contribution in [0.4, 0.5) is 0 Å². The lowest BCUT2D eigenvalue weighted by molar-refractivity contribution is 0.496. The maximum atomic E-state index is 5.65. The second-order valence-electron chi connectivity index (χ2n) is 5.57. The highest BCUT2D eigenvalue weighted by Crippen LogP contribution is 2.44. The SMILES string of the molecule is NCCc1ccnc(C2(c3ccccc3)CCCC2)n1. The maximum Gasteiger partial charge on any atom is 0.139 e. The van der Waals surface area contributed by atoms with Crippen molar-refractivity contribution in [2.24, 2.45) is 5.73 Å². The van der Waals surface area contributed by atoms with E-state index in [9.17, 15) is 0 Å². The van der Waals surface area contributed by atoms with E-state index in [0.29, 0.717) is 6.54 Å². The maximum absolute atomic E-state index is 5.65. The van der Waals surface area contributed by atoms with Crippen LogP contribution in [0.15, 0.2) is 42.6 Å². The fraction of sp³-hybridized carbons (Fsp3) is 0.412. The molecular weight excluding hydrogens is 246 g/mol. The van der Waals surface area contributed by atoms with Crippen molar-refractivity contribution in [3.05, 3.63) is 59.7 Å². The van der Waals surface area contributed by atoms with Gasteiger partial charge >= 0.3 is 0 Å². The van der Waals surface area contributed by atoms with Crippen LogP contribution in [0.2, 0.25) is 0 Å². The van der Waals surface area contributed by atoms with E-state index in [4.69, 9.17) is 10.7 Å². The fourth-order valence-corrected chi connectivity index (χ4v) is 3.29. The van der Waals surface area contributed by atoms with Crippen LogP contribution in [0.3, 0.4) is 0 Å². The summed E-state index contributed by atoms with van der Waals surface area (Å²) in [5, 5.41) is 0. The third kappa shape index (κ3) is 2.34. The molecule has 1 fully saturated rings. The number of rotatable bonds is 4. The molecule has 2 aromatic rings. The summed E-state index contributed by atoms with van der Waals surface area (Å²) in [7, 11) is 0. The van der Waals surface area contributed by atoms with Crippen LogP contribution in [0.25, 0.3) is 0 Å². The highest BCUT2D eigenvalue weighted by Gasteiger charge is 2.39. The lowest BCUT2D eigenvalue weighted by Gasteiger charge is -2.28. The molecule has 0 saturated heterocycles. The minimum absolute atomic E-state index is 0.00582. The molecule has 0 aliphatic heterocycles. The van der Waals surface area contributed by atoms with Crippen LogP contribution in [0.5, 0.6) is 0 Å². The first-order valence-electron chi connectivity index (χ1n) is 7.43. The molecule has 1 heterocycles. The second kappa shape index (κ2) is 5.71. The fourth-order valence-electron chi connectivity index (χ4n) is 3.29. The van der Waals surface area contributed by atoms with Crippen molar-refractivity contribution in [2.75, 3.05) is 6.54 Å². The summed E-state index contributed by atoms with van der Waals surface area (Å²) in [5.41, 5.74) is 8.06. The van der Waals surface area contributed by atoms with E-state index in [-0.39, 0.29) is 5.41 Å². The number of nitrogens with two attached hydrogens (primary N) is 1. The Morgan fingerprint density at radius 3 is 2.50 bits per heavy atom. The summed E-state index contributed by atoms with van der Waals surface area (Å²) >= 11 is 0. The first kappa shape index (κ1) is 13.3. The number of hydrogen-bond acceptors (Lipinski definition) is 3. The molecule has 0 atom stereocenters. The standard InChI is InChI=1S/C17H21N3/c18-12-8-15-9-13-19-16(20-15)17(10-4-5-11-17)14-6-2-1-3-7-14/h1-3,6-7,9,13H,4-5,8,10-12,18H2. The lowest BCUT2D eigenvalue weighted by Crippen LogP contribution is -2.27. The van der Waals surface area contributed by atoms with E-state index in [1.807, 2.05) is 12.3 Å². The molecule has 20 heavy (non-hydrogen) atoms. The Labute approximate surface area is 120 Å². The molecule has 0 radical (unpaired) electrons. The van der Waals surface area contributed by atoms with Gasteiger partial charge in [0.2, 0.25) is 0 Å². The third-order valence-electron chi connectivity index (χ3n) is 4.33. The minimum Gasteiger partial charge on any atom is -0.330 e. The molecule has 1 saturated carbocycles. The van der Waals surface area contributed by atoms with Crippen molar-refractivity contribution in [2.45, 2.75) is 37.5 Å². The summed E-state index contributed by atoms with van der Waals surface area (Å²) in [5.74, 6) is 0.979. The molecule has 1 aliphatic carbocycles. The van der Waals surface area contributed by atoms with Crippen molar-refractivity contribution >= 4 is 0 Å². The van der Waals surface area contributed by atoms with Gasteiger partial charge in [-0.2, -0.15) is 0 Å². The lowest BCUT2D eigenvalue weighted by atomic mass is 9.78. The Bertz CT molecular complexity index is 559. The topological polar surface area (TPSA) is 51.8 Å². The number of hydrogen-bond donors (Lipinski definition) is 1. The van der Waals surface area contributed by atoms with Crippen LogP contribution >= 0.6 is 0 Å². The van der Waals surface area contributed by atoms with Crippen LogP contribution in [0.1, 0.15) is 42.8 Å². The Kier molecular flexibility index (Phi) is 3.79. The van der Waals surface area contributed by atoms with Gasteiger partial charge in [-0.15, -0.1) is 0 Å². The highest BCUT2D eigenvalue weighted by atomic mass is 14.9. The van der Waals surface area contributed by atoms with Gasteiger partial charge < -0.3 is 5.73 Å². The van der Waals surface area contributed by atoms with Crippen LogP contribution in [-0.4, -0.2) is 16.5 Å². The molecule has 0 unspecified atom stereocenters. The van der Waals surface area contributed by atoms with Crippen molar-refractivity contribution in [1.82, 2.24) is 9.97 Å². The van der Waals surface area contributed by atoms with Gasteiger partial charge in [0.05, 0.1) is 5.41 Å². The second-order valence-corrected chi connectivity index (χ2v) is 5.57. The monoisotopic (exact) mass is 267 g/mol. The van der Waals surface area contributed by atoms with E-state index in [1.54, 1.807) is 0 Å². The summed E-state index contributed by atoms with van der Waals surface area (Å²) in [6.07, 6.45) is 7.49. The van der Waals surface area contributed by atoms with E-state index in [0.717, 1.165) is 30.8 Å². The van der Waals surface area contributed by atoms with Gasteiger partial charge in [-0.1, -0.05) is 43.2 Å². The number of nitrogens with zero attached hydrogens (tertiary/aromatic N) is 2. The van der Waals surface area contributed by atoms with E-state index in [2.05, 4.69) is 35.3 Å². The molecule has 2 N–H and O–H groups in total. The molecule has 1 aliphatic rings. The Morgan fingerprint density at radius 2 is 1.80 bits per heavy atom. The predicted molar refractivity (Wildman–Crippen MR) is 80.5 cm³/mol. The number of aromatic nitrogens is 2. The van der Waals surface area contributed by atoms with Gasteiger partial charge in [0.1, 0.15) is 5.82 Å². The number of benzene rings is 1. The molecule has 3 heteroatoms. The Morgan fingerprint density at radius 1 is 1.05 bits per heavy atom. The zero-order valence-electron chi connectivity index (χ0n) is 11.8. The van der Waals surface area contributed by atoms with Gasteiger partial charge in [-0.05, 0) is 31.0 Å². The molecule has 3 nitrogen and oxygen atoms in total. The normalized spacial score (nSPS) is 17.2. The van der Waals surface area contributed by atoms with Crippen LogP contribution < -0.4 is 5.73 Å². The van der Waals surface area contributed by atoms with Crippen molar-refractivity contribution in [3.63, 3.8) is 0 Å². The van der Waals surface area contributed by atoms with Crippen LogP contribution in [-0.2, 0) is 11.8 Å². The van der Waals surface area contributed by atoms with E-state index >= 15 is 0 Å². The molecule has 1 aromatic heterocycles. The summed E-state index contributed by atoms with van der Waals surface area (Å²) in [6, 6.07) is 12.7. The average Bonchev–Trinajstić information content (AvgIpc) is 3.00. The third-order valence-corrected chi connectivity index (χ3v) is 4.33. The Balaban J connectivity index is 2.05. The zero-order chi connectivity index (χ0) is 13.8. The van der Waals surface area contributed by atoms with E-state index in [1.165, 1.54) is 18.4 Å². The van der Waals surface area contributed by atoms with Crippen molar-refractivity contribution < 1.29 is 0 Å². The van der Waals surface area contributed by atoms with Crippen LogP contribution in [0, 0.1) is 0 Å². The minimum atomic E-state index is 0.00582. The van der Waals surface area contributed by atoms with Gasteiger partial charge in [-0.3, -0.25) is 0 Å². The molecule has 104 valence electrons. The Hall–Kier alpha value is -1.74. The van der Waals surface area contributed by atoms with E-state index < -0.39 is 0 Å². The largest absolute Gasteiger partial charge is 0.330 e. The highest BCUT2D eigenvalue weighted by molar-refractivity contribution is 5.34. The quantitative estimate of drug-likeness (QED) is 0.926. The summed E-state index contributed by atoms with van der Waals surface area (Å²) < 4.78 is 0. The van der Waals surface area contributed by atoms with Gasteiger partial charge in [0, 0.05) is 18.3 Å². The summed E-state index contributed by atoms with van der Waals surface area (Å²) in [4.78, 5) is 9.40. The first-order valence-corrected chi connectivity index (χ1v) is 7.43. The van der Waals surface area contributed by atoms with Crippen molar-refractivity contribution in [1.29, 1.82) is 0 Å². The zero-order valence-corrected chi connectivity index (χ0v) is 11.8. The molecule has 0 spiro atoms. The molecule has 1 aromatic carbocycles. The predicted octanol–water partition coefficient (Wildman–Crippen LogP) is 2.84. The molecule has 3 rings (SSSR count). The first-order chi connectivity index (χ1) is 9.85. The van der Waals surface area contributed by atoms with Gasteiger partial charge in [0.25, 0.3) is 0 Å². The van der Waals surface area contributed by atoms with Gasteiger partial charge in [0.15, 0.2) is 0 Å².